The van der Waals surface area contributed by atoms with Crippen LogP contribution in [0.15, 0.2) is 40.2 Å². The molecule has 0 aliphatic carbocycles. The second kappa shape index (κ2) is 8.47. The molecule has 0 radical (unpaired) electrons. The molecule has 0 unspecified atom stereocenters. The number of thiophene rings is 1. The van der Waals surface area contributed by atoms with Crippen LogP contribution in [0.25, 0.3) is 0 Å². The third-order valence-corrected chi connectivity index (χ3v) is 4.60. The molecule has 0 aliphatic heterocycles. The van der Waals surface area contributed by atoms with E-state index in [1.54, 1.807) is 6.07 Å². The van der Waals surface area contributed by atoms with E-state index in [2.05, 4.69) is 26.1 Å². The van der Waals surface area contributed by atoms with Crippen molar-refractivity contribution in [2.75, 3.05) is 13.3 Å². The van der Waals surface area contributed by atoms with Crippen molar-refractivity contribution in [1.82, 2.24) is 5.32 Å². The van der Waals surface area contributed by atoms with E-state index in [-0.39, 0.29) is 6.79 Å². The van der Waals surface area contributed by atoms with Crippen LogP contribution in [0.1, 0.15) is 16.5 Å². The summed E-state index contributed by atoms with van der Waals surface area (Å²) in [5.41, 5.74) is 0.925. The first-order valence-electron chi connectivity index (χ1n) is 6.30. The summed E-state index contributed by atoms with van der Waals surface area (Å²) in [6.07, 6.45) is -0.546. The van der Waals surface area contributed by atoms with Crippen LogP contribution >= 0.6 is 27.3 Å². The monoisotopic (exact) mass is 373 g/mol. The highest BCUT2D eigenvalue weighted by molar-refractivity contribution is 9.10. The zero-order valence-corrected chi connectivity index (χ0v) is 13.6. The number of rotatable bonds is 8. The average Bonchev–Trinajstić information content (AvgIpc) is 2.93. The highest BCUT2D eigenvalue weighted by atomic mass is 79.9. The van der Waals surface area contributed by atoms with Gasteiger partial charge in [0.15, 0.2) is 0 Å². The quantitative estimate of drug-likeness (QED) is 0.376. The first-order valence-corrected chi connectivity index (χ1v) is 7.97. The minimum Gasteiger partial charge on any atom is -0.464 e. The van der Waals surface area contributed by atoms with E-state index in [9.17, 15) is 5.11 Å². The summed E-state index contributed by atoms with van der Waals surface area (Å²) in [5.74, 6) is 0.632. The molecule has 114 valence electrons. The Balaban J connectivity index is 1.85. The normalized spacial score (nSPS) is 12.3. The maximum Gasteiger partial charge on any atom is 0.220 e. The van der Waals surface area contributed by atoms with Gasteiger partial charge >= 0.3 is 0 Å². The molecule has 0 bridgehead atoms. The molecule has 0 aliphatic rings. The zero-order chi connectivity index (χ0) is 15.1. The molecule has 5 nitrogen and oxygen atoms in total. The van der Waals surface area contributed by atoms with E-state index in [4.69, 9.17) is 9.99 Å². The molecule has 3 N–H and O–H groups in total. The summed E-state index contributed by atoms with van der Waals surface area (Å²) in [6, 6.07) is 9.36. The Morgan fingerprint density at radius 2 is 2.14 bits per heavy atom. The van der Waals surface area contributed by atoms with Crippen LogP contribution in [0.5, 0.6) is 5.75 Å². The smallest absolute Gasteiger partial charge is 0.220 e. The standard InChI is InChI=1S/C14H16BrNO4S/c15-11-5-14(21-8-11)12(17)7-16-6-10-3-1-2-4-13(10)19-9-20-18/h1-5,8,12,16-18H,6-7,9H2/t12-/m1/s1. The lowest BCUT2D eigenvalue weighted by Gasteiger charge is -2.13. The number of aliphatic hydroxyl groups is 1. The molecule has 0 saturated carbocycles. The van der Waals surface area contributed by atoms with E-state index in [1.807, 2.05) is 29.6 Å². The van der Waals surface area contributed by atoms with Crippen molar-refractivity contribution in [1.29, 1.82) is 0 Å². The van der Waals surface area contributed by atoms with Gasteiger partial charge in [-0.3, -0.25) is 0 Å². The van der Waals surface area contributed by atoms with Crippen LogP contribution in [-0.2, 0) is 11.4 Å². The Hall–Kier alpha value is -0.960. The highest BCUT2D eigenvalue weighted by Crippen LogP contribution is 2.25. The summed E-state index contributed by atoms with van der Waals surface area (Å²) >= 11 is 4.88. The zero-order valence-electron chi connectivity index (χ0n) is 11.2. The van der Waals surface area contributed by atoms with Crippen molar-refractivity contribution in [2.45, 2.75) is 12.6 Å². The molecular weight excluding hydrogens is 358 g/mol. The molecular formula is C14H16BrNO4S. The number of nitrogens with one attached hydrogen (secondary N) is 1. The van der Waals surface area contributed by atoms with E-state index in [1.165, 1.54) is 11.3 Å². The molecule has 2 rings (SSSR count). The van der Waals surface area contributed by atoms with E-state index in [0.717, 1.165) is 14.9 Å². The Kier molecular flexibility index (Phi) is 6.62. The van der Waals surface area contributed by atoms with Gasteiger partial charge in [-0.15, -0.1) is 11.3 Å². The summed E-state index contributed by atoms with van der Waals surface area (Å²) in [6.45, 7) is 0.770. The van der Waals surface area contributed by atoms with Crippen LogP contribution in [0.3, 0.4) is 0 Å². The fourth-order valence-electron chi connectivity index (χ4n) is 1.83. The first-order chi connectivity index (χ1) is 10.2. The minimum absolute atomic E-state index is 0.219. The predicted molar refractivity (Wildman–Crippen MR) is 84.3 cm³/mol. The lowest BCUT2D eigenvalue weighted by atomic mass is 10.2. The topological polar surface area (TPSA) is 71.0 Å². The first kappa shape index (κ1) is 16.4. The van der Waals surface area contributed by atoms with E-state index >= 15 is 0 Å². The molecule has 2 aromatic rings. The van der Waals surface area contributed by atoms with Crippen molar-refractivity contribution in [3.05, 3.63) is 50.6 Å². The van der Waals surface area contributed by atoms with E-state index < -0.39 is 6.10 Å². The van der Waals surface area contributed by atoms with Gasteiger partial charge in [-0.25, -0.2) is 5.26 Å². The number of ether oxygens (including phenoxy) is 1. The molecule has 0 spiro atoms. The molecule has 7 heteroatoms. The summed E-state index contributed by atoms with van der Waals surface area (Å²) in [7, 11) is 0. The van der Waals surface area contributed by atoms with Crippen LogP contribution in [-0.4, -0.2) is 23.7 Å². The highest BCUT2D eigenvalue weighted by Gasteiger charge is 2.10. The third-order valence-electron chi connectivity index (χ3n) is 2.81. The number of halogens is 1. The molecule has 1 aromatic heterocycles. The molecule has 1 atom stereocenters. The molecule has 0 fully saturated rings. The third kappa shape index (κ3) is 5.06. The SMILES string of the molecule is OOCOc1ccccc1CNC[C@@H](O)c1cc(Br)cs1. The molecule has 1 heterocycles. The van der Waals surface area contributed by atoms with Gasteiger partial charge in [0.05, 0.1) is 0 Å². The maximum absolute atomic E-state index is 10.1. The minimum atomic E-state index is -0.546. The van der Waals surface area contributed by atoms with Gasteiger partial charge in [0.1, 0.15) is 11.9 Å². The lowest BCUT2D eigenvalue weighted by Crippen LogP contribution is -2.21. The Bertz CT molecular complexity index is 563. The predicted octanol–water partition coefficient (Wildman–Crippen LogP) is 3.16. The number of hydrogen-bond donors (Lipinski definition) is 3. The van der Waals surface area contributed by atoms with Gasteiger partial charge in [0.2, 0.25) is 6.79 Å². The average molecular weight is 374 g/mol. The van der Waals surface area contributed by atoms with Gasteiger partial charge in [0, 0.05) is 33.4 Å². The van der Waals surface area contributed by atoms with E-state index in [0.29, 0.717) is 18.8 Å². The number of para-hydroxylation sites is 1. The Labute approximate surface area is 135 Å². The van der Waals surface area contributed by atoms with Crippen molar-refractivity contribution in [3.63, 3.8) is 0 Å². The number of aliphatic hydroxyl groups excluding tert-OH is 1. The lowest BCUT2D eigenvalue weighted by molar-refractivity contribution is -0.278. The van der Waals surface area contributed by atoms with Crippen LogP contribution in [0.2, 0.25) is 0 Å². The van der Waals surface area contributed by atoms with Gasteiger partial charge in [-0.1, -0.05) is 18.2 Å². The van der Waals surface area contributed by atoms with Crippen molar-refractivity contribution in [3.8, 4) is 5.75 Å². The van der Waals surface area contributed by atoms with Gasteiger partial charge in [-0.05, 0) is 28.1 Å². The van der Waals surface area contributed by atoms with Gasteiger partial charge in [-0.2, -0.15) is 4.89 Å². The molecule has 0 amide bonds. The maximum atomic E-state index is 10.1. The van der Waals surface area contributed by atoms with Crippen LogP contribution < -0.4 is 10.1 Å². The second-order valence-corrected chi connectivity index (χ2v) is 6.17. The van der Waals surface area contributed by atoms with Crippen LogP contribution in [0, 0.1) is 0 Å². The Morgan fingerprint density at radius 3 is 2.86 bits per heavy atom. The van der Waals surface area contributed by atoms with Crippen molar-refractivity contribution >= 4 is 27.3 Å². The van der Waals surface area contributed by atoms with Crippen LogP contribution in [0.4, 0.5) is 0 Å². The summed E-state index contributed by atoms with van der Waals surface area (Å²) in [5, 5.41) is 23.5. The van der Waals surface area contributed by atoms with Gasteiger partial charge < -0.3 is 15.2 Å². The fraction of sp³-hybridized carbons (Fsp3) is 0.286. The summed E-state index contributed by atoms with van der Waals surface area (Å²) < 4.78 is 6.23. The Morgan fingerprint density at radius 1 is 1.33 bits per heavy atom. The number of hydrogen-bond acceptors (Lipinski definition) is 6. The largest absolute Gasteiger partial charge is 0.464 e. The van der Waals surface area contributed by atoms with Crippen molar-refractivity contribution < 1.29 is 20.0 Å². The molecule has 21 heavy (non-hydrogen) atoms. The number of benzene rings is 1. The second-order valence-electron chi connectivity index (χ2n) is 4.31. The van der Waals surface area contributed by atoms with Crippen molar-refractivity contribution in [2.24, 2.45) is 0 Å². The summed E-state index contributed by atoms with van der Waals surface area (Å²) in [4.78, 5) is 4.83. The fourth-order valence-corrected chi connectivity index (χ4v) is 3.26. The molecule has 0 saturated heterocycles. The molecule has 1 aromatic carbocycles. The van der Waals surface area contributed by atoms with Gasteiger partial charge in [0.25, 0.3) is 0 Å².